The molecule has 19 heavy (non-hydrogen) atoms. The first kappa shape index (κ1) is 14.7. The summed E-state index contributed by atoms with van der Waals surface area (Å²) in [5, 5.41) is 3.67. The lowest BCUT2D eigenvalue weighted by Gasteiger charge is -2.10. The van der Waals surface area contributed by atoms with Crippen molar-refractivity contribution in [3.8, 4) is 0 Å². The Labute approximate surface area is 133 Å². The zero-order valence-corrected chi connectivity index (χ0v) is 13.5. The second-order valence-corrected chi connectivity index (χ2v) is 6.02. The monoisotopic (exact) mass is 380 g/mol. The largest absolute Gasteiger partial charge is 0.345 e. The first-order chi connectivity index (χ1) is 8.88. The van der Waals surface area contributed by atoms with Gasteiger partial charge in [-0.05, 0) is 34.1 Å². The van der Waals surface area contributed by atoms with Crippen LogP contribution in [-0.4, -0.2) is 10.5 Å². The van der Waals surface area contributed by atoms with Gasteiger partial charge in [0.25, 0.3) is 5.91 Å². The van der Waals surface area contributed by atoms with Crippen molar-refractivity contribution in [2.75, 3.05) is 5.32 Å². The molecular weight excluding hydrogens is 374 g/mol. The van der Waals surface area contributed by atoms with Crippen molar-refractivity contribution in [1.29, 1.82) is 0 Å². The van der Waals surface area contributed by atoms with Crippen LogP contribution < -0.4 is 5.32 Å². The molecule has 0 saturated heterocycles. The molecule has 0 aliphatic carbocycles. The standard InChI is InChI=1S/C12H8BrCl3N2O/c1-18-5-6(13)2-10(18)12(19)17-11-8(15)3-7(14)4-9(11)16/h2-5H,1H3,(H,17,19). The lowest BCUT2D eigenvalue weighted by Crippen LogP contribution is -2.15. The Hall–Kier alpha value is -0.680. The van der Waals surface area contributed by atoms with Gasteiger partial charge in [-0.2, -0.15) is 0 Å². The molecular formula is C12H8BrCl3N2O. The first-order valence-corrected chi connectivity index (χ1v) is 7.09. The lowest BCUT2D eigenvalue weighted by molar-refractivity contribution is 0.101. The van der Waals surface area contributed by atoms with Crippen molar-refractivity contribution in [1.82, 2.24) is 4.57 Å². The molecule has 1 aromatic heterocycles. The number of benzene rings is 1. The van der Waals surface area contributed by atoms with Crippen LogP contribution in [0.2, 0.25) is 15.1 Å². The van der Waals surface area contributed by atoms with E-state index in [4.69, 9.17) is 34.8 Å². The van der Waals surface area contributed by atoms with E-state index in [9.17, 15) is 4.79 Å². The summed E-state index contributed by atoms with van der Waals surface area (Å²) in [6, 6.07) is 4.74. The predicted octanol–water partition coefficient (Wildman–Crippen LogP) is 5.00. The number of nitrogens with zero attached hydrogens (tertiary/aromatic N) is 1. The summed E-state index contributed by atoms with van der Waals surface area (Å²) >= 11 is 21.1. The van der Waals surface area contributed by atoms with Crippen LogP contribution in [-0.2, 0) is 7.05 Å². The van der Waals surface area contributed by atoms with E-state index in [2.05, 4.69) is 21.2 Å². The van der Waals surface area contributed by atoms with Crippen molar-refractivity contribution < 1.29 is 4.79 Å². The first-order valence-electron chi connectivity index (χ1n) is 5.16. The van der Waals surface area contributed by atoms with Gasteiger partial charge in [0.15, 0.2) is 0 Å². The lowest BCUT2D eigenvalue weighted by atomic mass is 10.3. The van der Waals surface area contributed by atoms with Crippen LogP contribution in [0.4, 0.5) is 5.69 Å². The Morgan fingerprint density at radius 3 is 2.26 bits per heavy atom. The third kappa shape index (κ3) is 3.26. The molecule has 1 heterocycles. The molecule has 0 fully saturated rings. The minimum atomic E-state index is -0.306. The van der Waals surface area contributed by atoms with E-state index in [1.54, 1.807) is 23.9 Å². The van der Waals surface area contributed by atoms with Crippen LogP contribution in [0.5, 0.6) is 0 Å². The van der Waals surface area contributed by atoms with Crippen LogP contribution in [0.3, 0.4) is 0 Å². The van der Waals surface area contributed by atoms with E-state index >= 15 is 0 Å². The smallest absolute Gasteiger partial charge is 0.272 e. The zero-order valence-electron chi connectivity index (χ0n) is 9.68. The number of carbonyl (C=O) groups excluding carboxylic acids is 1. The highest BCUT2D eigenvalue weighted by Gasteiger charge is 2.15. The van der Waals surface area contributed by atoms with E-state index < -0.39 is 0 Å². The van der Waals surface area contributed by atoms with Gasteiger partial charge in [-0.1, -0.05) is 34.8 Å². The number of amides is 1. The molecule has 100 valence electrons. The molecule has 3 nitrogen and oxygen atoms in total. The Morgan fingerprint density at radius 2 is 1.79 bits per heavy atom. The van der Waals surface area contributed by atoms with Gasteiger partial charge in [0.2, 0.25) is 0 Å². The van der Waals surface area contributed by atoms with E-state index in [1.807, 2.05) is 0 Å². The van der Waals surface area contributed by atoms with Gasteiger partial charge in [-0.25, -0.2) is 0 Å². The highest BCUT2D eigenvalue weighted by molar-refractivity contribution is 9.10. The quantitative estimate of drug-likeness (QED) is 0.779. The number of nitrogens with one attached hydrogen (secondary N) is 1. The van der Waals surface area contributed by atoms with Crippen molar-refractivity contribution in [2.24, 2.45) is 7.05 Å². The number of aromatic nitrogens is 1. The fraction of sp³-hybridized carbons (Fsp3) is 0.0833. The molecule has 7 heteroatoms. The van der Waals surface area contributed by atoms with E-state index in [-0.39, 0.29) is 5.91 Å². The summed E-state index contributed by atoms with van der Waals surface area (Å²) in [4.78, 5) is 12.1. The second-order valence-electron chi connectivity index (χ2n) is 3.85. The van der Waals surface area contributed by atoms with Crippen molar-refractivity contribution in [2.45, 2.75) is 0 Å². The zero-order chi connectivity index (χ0) is 14.2. The van der Waals surface area contributed by atoms with Crippen molar-refractivity contribution >= 4 is 62.3 Å². The number of hydrogen-bond acceptors (Lipinski definition) is 1. The molecule has 1 aromatic carbocycles. The number of carbonyl (C=O) groups is 1. The maximum absolute atomic E-state index is 12.1. The molecule has 0 spiro atoms. The highest BCUT2D eigenvalue weighted by Crippen LogP contribution is 2.34. The van der Waals surface area contributed by atoms with E-state index in [0.29, 0.717) is 26.4 Å². The van der Waals surface area contributed by atoms with Gasteiger partial charge < -0.3 is 9.88 Å². The molecule has 0 aliphatic rings. The molecule has 0 unspecified atom stereocenters. The third-order valence-electron chi connectivity index (χ3n) is 2.45. The summed E-state index contributed by atoms with van der Waals surface area (Å²) in [7, 11) is 1.77. The summed E-state index contributed by atoms with van der Waals surface area (Å²) in [6.45, 7) is 0. The number of halogens is 4. The van der Waals surface area contributed by atoms with Gasteiger partial charge >= 0.3 is 0 Å². The van der Waals surface area contributed by atoms with Gasteiger partial charge in [-0.15, -0.1) is 0 Å². The molecule has 2 aromatic rings. The molecule has 0 radical (unpaired) electrons. The predicted molar refractivity (Wildman–Crippen MR) is 82.5 cm³/mol. The molecule has 2 rings (SSSR count). The average molecular weight is 382 g/mol. The Morgan fingerprint density at radius 1 is 1.21 bits per heavy atom. The van der Waals surface area contributed by atoms with Crippen LogP contribution >= 0.6 is 50.7 Å². The van der Waals surface area contributed by atoms with E-state index in [1.165, 1.54) is 12.1 Å². The van der Waals surface area contributed by atoms with Crippen molar-refractivity contribution in [3.63, 3.8) is 0 Å². The van der Waals surface area contributed by atoms with Gasteiger partial charge in [0.1, 0.15) is 5.69 Å². The average Bonchev–Trinajstić information content (AvgIpc) is 2.62. The molecule has 1 N–H and O–H groups in total. The summed E-state index contributed by atoms with van der Waals surface area (Å²) in [5.41, 5.74) is 0.823. The maximum atomic E-state index is 12.1. The maximum Gasteiger partial charge on any atom is 0.272 e. The van der Waals surface area contributed by atoms with Gasteiger partial charge in [-0.3, -0.25) is 4.79 Å². The van der Waals surface area contributed by atoms with Gasteiger partial charge in [0, 0.05) is 22.7 Å². The summed E-state index contributed by atoms with van der Waals surface area (Å²) < 4.78 is 2.50. The van der Waals surface area contributed by atoms with Crippen LogP contribution in [0.1, 0.15) is 10.5 Å². The number of rotatable bonds is 2. The number of aryl methyl sites for hydroxylation is 1. The topological polar surface area (TPSA) is 34.0 Å². The fourth-order valence-electron chi connectivity index (χ4n) is 1.59. The van der Waals surface area contributed by atoms with Crippen LogP contribution in [0, 0.1) is 0 Å². The highest BCUT2D eigenvalue weighted by atomic mass is 79.9. The third-order valence-corrected chi connectivity index (χ3v) is 3.70. The van der Waals surface area contributed by atoms with Gasteiger partial charge in [0.05, 0.1) is 15.7 Å². The van der Waals surface area contributed by atoms with E-state index in [0.717, 1.165) is 4.47 Å². The Kier molecular flexibility index (Phi) is 4.46. The number of hydrogen-bond donors (Lipinski definition) is 1. The van der Waals surface area contributed by atoms with Crippen LogP contribution in [0.25, 0.3) is 0 Å². The molecule has 0 atom stereocenters. The molecule has 1 amide bonds. The molecule has 0 aliphatic heterocycles. The normalized spacial score (nSPS) is 10.6. The molecule has 0 bridgehead atoms. The Balaban J connectivity index is 2.32. The number of anilines is 1. The summed E-state index contributed by atoms with van der Waals surface area (Å²) in [5.74, 6) is -0.306. The van der Waals surface area contributed by atoms with Crippen LogP contribution in [0.15, 0.2) is 28.9 Å². The second kappa shape index (κ2) is 5.75. The van der Waals surface area contributed by atoms with Crippen molar-refractivity contribution in [3.05, 3.63) is 49.6 Å². The SMILES string of the molecule is Cn1cc(Br)cc1C(=O)Nc1c(Cl)cc(Cl)cc1Cl. The summed E-state index contributed by atoms with van der Waals surface area (Å²) in [6.07, 6.45) is 1.78. The minimum absolute atomic E-state index is 0.291. The minimum Gasteiger partial charge on any atom is -0.345 e. The Bertz CT molecular complexity index is 631. The molecule has 0 saturated carbocycles. The fourth-order valence-corrected chi connectivity index (χ4v) is 3.02.